The van der Waals surface area contributed by atoms with Gasteiger partial charge in [0.15, 0.2) is 0 Å². The van der Waals surface area contributed by atoms with Crippen molar-refractivity contribution in [3.8, 4) is 11.5 Å². The van der Waals surface area contributed by atoms with Crippen LogP contribution in [0.15, 0.2) is 76.7 Å². The van der Waals surface area contributed by atoms with E-state index in [9.17, 15) is 8.42 Å². The largest absolute Gasteiger partial charge is 0.497 e. The average molecular weight is 451 g/mol. The Morgan fingerprint density at radius 3 is 2.09 bits per heavy atom. The van der Waals surface area contributed by atoms with E-state index in [4.69, 9.17) is 9.47 Å². The molecule has 0 radical (unpaired) electrons. The van der Waals surface area contributed by atoms with Gasteiger partial charge >= 0.3 is 0 Å². The number of methoxy groups -OCH3 is 2. The van der Waals surface area contributed by atoms with E-state index in [-0.39, 0.29) is 4.90 Å². The Morgan fingerprint density at radius 2 is 1.50 bits per heavy atom. The molecule has 0 saturated heterocycles. The fourth-order valence-corrected chi connectivity index (χ4v) is 5.20. The number of benzene rings is 3. The van der Waals surface area contributed by atoms with E-state index in [1.165, 1.54) is 4.41 Å². The molecule has 1 atom stereocenters. The van der Waals surface area contributed by atoms with Gasteiger partial charge in [-0.1, -0.05) is 47.5 Å². The molecular weight excluding hydrogens is 424 g/mol. The van der Waals surface area contributed by atoms with Crippen molar-refractivity contribution in [1.82, 2.24) is 4.41 Å². The van der Waals surface area contributed by atoms with Gasteiger partial charge in [0.2, 0.25) is 0 Å². The van der Waals surface area contributed by atoms with Crippen LogP contribution in [0.2, 0.25) is 0 Å². The molecule has 6 nitrogen and oxygen atoms in total. The summed E-state index contributed by atoms with van der Waals surface area (Å²) in [6.45, 7) is 3.93. The summed E-state index contributed by atoms with van der Waals surface area (Å²) in [5, 5.41) is 4.61. The number of nitrogens with zero attached hydrogens (tertiary/aromatic N) is 2. The van der Waals surface area contributed by atoms with Gasteiger partial charge in [-0.05, 0) is 43.7 Å². The first-order chi connectivity index (χ1) is 15.3. The summed E-state index contributed by atoms with van der Waals surface area (Å²) >= 11 is 0. The van der Waals surface area contributed by atoms with E-state index < -0.39 is 16.1 Å². The van der Waals surface area contributed by atoms with Gasteiger partial charge in [0.1, 0.15) is 11.5 Å². The van der Waals surface area contributed by atoms with Crippen molar-refractivity contribution in [1.29, 1.82) is 0 Å². The maximum Gasteiger partial charge on any atom is 0.279 e. The zero-order chi connectivity index (χ0) is 22.9. The minimum absolute atomic E-state index is 0.215. The minimum atomic E-state index is -3.86. The van der Waals surface area contributed by atoms with E-state index in [1.54, 1.807) is 44.6 Å². The molecule has 4 rings (SSSR count). The Hall–Kier alpha value is -3.32. The van der Waals surface area contributed by atoms with Crippen molar-refractivity contribution >= 4 is 15.7 Å². The number of ether oxygens (including phenoxy) is 2. The van der Waals surface area contributed by atoms with E-state index in [0.29, 0.717) is 23.6 Å². The standard InChI is InChI=1S/C25H26N2O4S/c1-17-5-9-19(10-6-17)24-16-23(22-14-11-20(30-3)15-25(22)31-4)26-27(24)32(28,29)21-12-7-18(2)8-13-21/h5-15,24H,16H2,1-4H3/t24-/m1/s1. The fourth-order valence-electron chi connectivity index (χ4n) is 3.76. The van der Waals surface area contributed by atoms with Gasteiger partial charge in [-0.25, -0.2) is 0 Å². The molecule has 0 amide bonds. The van der Waals surface area contributed by atoms with Crippen LogP contribution >= 0.6 is 0 Å². The van der Waals surface area contributed by atoms with E-state index in [1.807, 2.05) is 50.2 Å². The lowest BCUT2D eigenvalue weighted by molar-refractivity contribution is 0.371. The van der Waals surface area contributed by atoms with Gasteiger partial charge in [-0.3, -0.25) is 0 Å². The molecule has 0 fully saturated rings. The SMILES string of the molecule is COc1ccc(C2=NN(S(=O)(=O)c3ccc(C)cc3)[C@@H](c3ccc(C)cc3)C2)c(OC)c1. The number of hydrogen-bond donors (Lipinski definition) is 0. The summed E-state index contributed by atoms with van der Waals surface area (Å²) in [6.07, 6.45) is 0.427. The van der Waals surface area contributed by atoms with Crippen molar-refractivity contribution in [2.45, 2.75) is 31.2 Å². The smallest absolute Gasteiger partial charge is 0.279 e. The van der Waals surface area contributed by atoms with Crippen LogP contribution in [-0.4, -0.2) is 32.8 Å². The minimum Gasteiger partial charge on any atom is -0.497 e. The van der Waals surface area contributed by atoms with Crippen molar-refractivity contribution in [3.63, 3.8) is 0 Å². The molecule has 1 heterocycles. The third-order valence-corrected chi connectivity index (χ3v) is 7.32. The Labute approximate surface area is 189 Å². The maximum atomic E-state index is 13.6. The normalized spacial score (nSPS) is 16.1. The topological polar surface area (TPSA) is 68.2 Å². The Morgan fingerprint density at radius 1 is 0.875 bits per heavy atom. The number of sulfonamides is 1. The van der Waals surface area contributed by atoms with Gasteiger partial charge in [0, 0.05) is 18.1 Å². The molecule has 166 valence electrons. The molecule has 0 spiro atoms. The molecule has 1 aliphatic heterocycles. The lowest BCUT2D eigenvalue weighted by atomic mass is 9.98. The second-order valence-corrected chi connectivity index (χ2v) is 9.63. The number of hydrogen-bond acceptors (Lipinski definition) is 5. The second-order valence-electron chi connectivity index (χ2n) is 7.83. The molecule has 0 saturated carbocycles. The highest BCUT2D eigenvalue weighted by Crippen LogP contribution is 2.39. The molecule has 0 bridgehead atoms. The first-order valence-electron chi connectivity index (χ1n) is 10.3. The molecule has 3 aromatic rings. The summed E-state index contributed by atoms with van der Waals surface area (Å²) in [6, 6.07) is 19.7. The van der Waals surface area contributed by atoms with Crippen LogP contribution in [0.1, 0.15) is 34.7 Å². The van der Waals surface area contributed by atoms with Gasteiger partial charge < -0.3 is 9.47 Å². The van der Waals surface area contributed by atoms with Crippen LogP contribution in [0.4, 0.5) is 0 Å². The first-order valence-corrected chi connectivity index (χ1v) is 11.7. The molecule has 1 aliphatic rings. The van der Waals surface area contributed by atoms with Crippen molar-refractivity contribution < 1.29 is 17.9 Å². The highest BCUT2D eigenvalue weighted by atomic mass is 32.2. The predicted molar refractivity (Wildman–Crippen MR) is 125 cm³/mol. The van der Waals surface area contributed by atoms with E-state index in [2.05, 4.69) is 5.10 Å². The highest BCUT2D eigenvalue weighted by Gasteiger charge is 2.38. The van der Waals surface area contributed by atoms with Crippen molar-refractivity contribution in [2.24, 2.45) is 5.10 Å². The van der Waals surface area contributed by atoms with Crippen molar-refractivity contribution in [2.75, 3.05) is 14.2 Å². The summed E-state index contributed by atoms with van der Waals surface area (Å²) in [7, 11) is -0.692. The van der Waals surface area contributed by atoms with Crippen LogP contribution in [0.5, 0.6) is 11.5 Å². The lowest BCUT2D eigenvalue weighted by Crippen LogP contribution is -2.27. The van der Waals surface area contributed by atoms with Crippen molar-refractivity contribution in [3.05, 3.63) is 89.0 Å². The Bertz CT molecular complexity index is 1250. The summed E-state index contributed by atoms with van der Waals surface area (Å²) in [4.78, 5) is 0.215. The predicted octanol–water partition coefficient (Wildman–Crippen LogP) is 4.86. The zero-order valence-electron chi connectivity index (χ0n) is 18.6. The molecule has 32 heavy (non-hydrogen) atoms. The van der Waals surface area contributed by atoms with Crippen LogP contribution in [0, 0.1) is 13.8 Å². The summed E-state index contributed by atoms with van der Waals surface area (Å²) < 4.78 is 39.3. The molecule has 3 aromatic carbocycles. The number of hydrazone groups is 1. The molecule has 7 heteroatoms. The quantitative estimate of drug-likeness (QED) is 0.538. The molecule has 0 unspecified atom stereocenters. The number of rotatable bonds is 6. The fraction of sp³-hybridized carbons (Fsp3) is 0.240. The first kappa shape index (κ1) is 21.9. The number of aryl methyl sites for hydroxylation is 2. The van der Waals surface area contributed by atoms with Crippen LogP contribution in [-0.2, 0) is 10.0 Å². The van der Waals surface area contributed by atoms with Crippen LogP contribution in [0.25, 0.3) is 0 Å². The molecule has 0 aromatic heterocycles. The highest BCUT2D eigenvalue weighted by molar-refractivity contribution is 7.89. The van der Waals surface area contributed by atoms with E-state index in [0.717, 1.165) is 22.3 Å². The third kappa shape index (κ3) is 4.08. The van der Waals surface area contributed by atoms with Gasteiger partial charge in [0.25, 0.3) is 10.0 Å². The second kappa shape index (κ2) is 8.67. The Kier molecular flexibility index (Phi) is 5.93. The summed E-state index contributed by atoms with van der Waals surface area (Å²) in [5.74, 6) is 1.24. The average Bonchev–Trinajstić information content (AvgIpc) is 3.25. The maximum absolute atomic E-state index is 13.6. The monoisotopic (exact) mass is 450 g/mol. The molecule has 0 N–H and O–H groups in total. The molecule has 0 aliphatic carbocycles. The van der Waals surface area contributed by atoms with Gasteiger partial charge in [-0.15, -0.1) is 0 Å². The van der Waals surface area contributed by atoms with Gasteiger partial charge in [-0.2, -0.15) is 17.9 Å². The van der Waals surface area contributed by atoms with E-state index >= 15 is 0 Å². The third-order valence-electron chi connectivity index (χ3n) is 5.62. The lowest BCUT2D eigenvalue weighted by Gasteiger charge is -2.23. The Balaban J connectivity index is 1.82. The zero-order valence-corrected chi connectivity index (χ0v) is 19.4. The molecular formula is C25H26N2O4S. The van der Waals surface area contributed by atoms with Gasteiger partial charge in [0.05, 0.1) is 30.9 Å². The summed E-state index contributed by atoms with van der Waals surface area (Å²) in [5.41, 5.74) is 4.38. The van der Waals surface area contributed by atoms with Crippen LogP contribution < -0.4 is 9.47 Å². The van der Waals surface area contributed by atoms with Crippen LogP contribution in [0.3, 0.4) is 0 Å².